The van der Waals surface area contributed by atoms with Crippen molar-refractivity contribution in [2.24, 2.45) is 5.73 Å². The molecule has 3 N–H and O–H groups in total. The highest BCUT2D eigenvalue weighted by Crippen LogP contribution is 2.32. The molecule has 4 heteroatoms. The molecular weight excluding hydrogens is 222 g/mol. The van der Waals surface area contributed by atoms with Gasteiger partial charge in [-0.3, -0.25) is 5.41 Å². The number of benzene rings is 1. The fourth-order valence-corrected chi connectivity index (χ4v) is 2.32. The predicted octanol–water partition coefficient (Wildman–Crippen LogP) is 2.61. The van der Waals surface area contributed by atoms with Gasteiger partial charge < -0.3 is 10.6 Å². The summed E-state index contributed by atoms with van der Waals surface area (Å²) in [7, 11) is 2.04. The van der Waals surface area contributed by atoms with Gasteiger partial charge in [-0.2, -0.15) is 0 Å². The summed E-state index contributed by atoms with van der Waals surface area (Å²) in [5, 5.41) is 8.15. The van der Waals surface area contributed by atoms with Crippen LogP contribution in [0.5, 0.6) is 0 Å². The number of nitrogens with zero attached hydrogens (tertiary/aromatic N) is 1. The van der Waals surface area contributed by atoms with Crippen molar-refractivity contribution in [3.8, 4) is 0 Å². The molecule has 1 aliphatic carbocycles. The molecule has 1 fully saturated rings. The molecule has 0 spiro atoms. The second-order valence-corrected chi connectivity index (χ2v) is 4.65. The van der Waals surface area contributed by atoms with Crippen LogP contribution in [-0.2, 0) is 0 Å². The summed E-state index contributed by atoms with van der Waals surface area (Å²) >= 11 is 6.09. The van der Waals surface area contributed by atoms with Crippen molar-refractivity contribution in [1.29, 1.82) is 5.41 Å². The molecule has 2 rings (SSSR count). The van der Waals surface area contributed by atoms with Crippen LogP contribution in [0.25, 0.3) is 0 Å². The van der Waals surface area contributed by atoms with Crippen molar-refractivity contribution in [2.75, 3.05) is 11.9 Å². The Bertz CT molecular complexity index is 413. The van der Waals surface area contributed by atoms with E-state index in [0.29, 0.717) is 16.6 Å². The second-order valence-electron chi connectivity index (χ2n) is 4.24. The first-order chi connectivity index (χ1) is 7.61. The Balaban J connectivity index is 2.38. The molecule has 0 aliphatic heterocycles. The lowest BCUT2D eigenvalue weighted by Crippen LogP contribution is -2.38. The van der Waals surface area contributed by atoms with Gasteiger partial charge in [0.2, 0.25) is 0 Å². The molecule has 1 aliphatic rings. The maximum Gasteiger partial charge on any atom is 0.126 e. The lowest BCUT2D eigenvalue weighted by atomic mass is 9.91. The minimum atomic E-state index is 0.0340. The average Bonchev–Trinajstić information content (AvgIpc) is 2.13. The first-order valence-corrected chi connectivity index (χ1v) is 5.85. The van der Waals surface area contributed by atoms with Crippen LogP contribution in [0, 0.1) is 5.41 Å². The van der Waals surface area contributed by atoms with E-state index in [4.69, 9.17) is 22.7 Å². The number of nitrogens with two attached hydrogens (primary N) is 1. The largest absolute Gasteiger partial charge is 0.384 e. The maximum atomic E-state index is 7.59. The second kappa shape index (κ2) is 4.34. The highest BCUT2D eigenvalue weighted by atomic mass is 35.5. The predicted molar refractivity (Wildman–Crippen MR) is 68.5 cm³/mol. The van der Waals surface area contributed by atoms with E-state index in [2.05, 4.69) is 4.90 Å². The van der Waals surface area contributed by atoms with E-state index < -0.39 is 0 Å². The van der Waals surface area contributed by atoms with Crippen molar-refractivity contribution in [3.63, 3.8) is 0 Å². The molecule has 0 atom stereocenters. The number of nitrogens with one attached hydrogen (secondary N) is 1. The number of anilines is 1. The average molecular weight is 238 g/mol. The van der Waals surface area contributed by atoms with Crippen molar-refractivity contribution >= 4 is 23.1 Å². The smallest absolute Gasteiger partial charge is 0.126 e. The topological polar surface area (TPSA) is 53.1 Å². The van der Waals surface area contributed by atoms with Gasteiger partial charge in [-0.15, -0.1) is 0 Å². The van der Waals surface area contributed by atoms with E-state index in [1.54, 1.807) is 6.07 Å². The first-order valence-electron chi connectivity index (χ1n) is 5.47. The first kappa shape index (κ1) is 11.3. The van der Waals surface area contributed by atoms with Crippen LogP contribution in [0.15, 0.2) is 18.2 Å². The van der Waals surface area contributed by atoms with Gasteiger partial charge >= 0.3 is 0 Å². The van der Waals surface area contributed by atoms with Gasteiger partial charge in [0, 0.05) is 18.8 Å². The fourth-order valence-electron chi connectivity index (χ4n) is 2.04. The van der Waals surface area contributed by atoms with Crippen LogP contribution in [0.3, 0.4) is 0 Å². The van der Waals surface area contributed by atoms with Gasteiger partial charge in [0.1, 0.15) is 5.84 Å². The standard InChI is InChI=1S/C12H16ClN3/c1-16(8-4-2-5-8)10-7-3-6-9(13)11(10)12(14)15/h3,6-8H,2,4-5H2,1H3,(H3,14,15). The molecule has 0 saturated heterocycles. The van der Waals surface area contributed by atoms with E-state index >= 15 is 0 Å². The molecule has 3 nitrogen and oxygen atoms in total. The van der Waals surface area contributed by atoms with Crippen molar-refractivity contribution in [2.45, 2.75) is 25.3 Å². The number of hydrogen-bond donors (Lipinski definition) is 2. The molecule has 0 amide bonds. The van der Waals surface area contributed by atoms with Crippen LogP contribution in [0.4, 0.5) is 5.69 Å². The van der Waals surface area contributed by atoms with E-state index in [0.717, 1.165) is 5.69 Å². The number of hydrogen-bond acceptors (Lipinski definition) is 2. The summed E-state index contributed by atoms with van der Waals surface area (Å²) in [5.41, 5.74) is 7.20. The summed E-state index contributed by atoms with van der Waals surface area (Å²) in [6, 6.07) is 6.22. The van der Waals surface area contributed by atoms with E-state index in [-0.39, 0.29) is 5.84 Å². The van der Waals surface area contributed by atoms with Gasteiger partial charge in [0.05, 0.1) is 10.6 Å². The van der Waals surface area contributed by atoms with Crippen molar-refractivity contribution in [3.05, 3.63) is 28.8 Å². The van der Waals surface area contributed by atoms with E-state index in [1.807, 2.05) is 19.2 Å². The number of rotatable bonds is 3. The molecule has 0 bridgehead atoms. The van der Waals surface area contributed by atoms with Gasteiger partial charge in [0.15, 0.2) is 0 Å². The zero-order valence-corrected chi connectivity index (χ0v) is 10.1. The van der Waals surface area contributed by atoms with E-state index in [9.17, 15) is 0 Å². The minimum Gasteiger partial charge on any atom is -0.384 e. The Morgan fingerprint density at radius 1 is 1.50 bits per heavy atom. The Hall–Kier alpha value is -1.22. The Kier molecular flexibility index (Phi) is 3.06. The van der Waals surface area contributed by atoms with Crippen molar-refractivity contribution in [1.82, 2.24) is 0 Å². The summed E-state index contributed by atoms with van der Waals surface area (Å²) in [4.78, 5) is 2.19. The Morgan fingerprint density at radius 3 is 2.69 bits per heavy atom. The SMILES string of the molecule is CN(c1cccc(Cl)c1C(=N)N)C1CCC1. The number of nitrogen functional groups attached to an aromatic ring is 1. The van der Waals surface area contributed by atoms with Crippen LogP contribution in [0.1, 0.15) is 24.8 Å². The highest BCUT2D eigenvalue weighted by Gasteiger charge is 2.24. The maximum absolute atomic E-state index is 7.59. The lowest BCUT2D eigenvalue weighted by Gasteiger charge is -2.37. The molecule has 1 saturated carbocycles. The van der Waals surface area contributed by atoms with Crippen LogP contribution in [-0.4, -0.2) is 18.9 Å². The zero-order valence-electron chi connectivity index (χ0n) is 9.33. The summed E-state index contributed by atoms with van der Waals surface area (Å²) in [6.45, 7) is 0. The summed E-state index contributed by atoms with van der Waals surface area (Å²) < 4.78 is 0. The molecule has 1 aromatic rings. The normalized spacial score (nSPS) is 15.6. The van der Waals surface area contributed by atoms with Crippen LogP contribution in [0.2, 0.25) is 5.02 Å². The summed E-state index contributed by atoms with van der Waals surface area (Å²) in [5.74, 6) is 0.0340. The minimum absolute atomic E-state index is 0.0340. The van der Waals surface area contributed by atoms with Gasteiger partial charge in [0.25, 0.3) is 0 Å². The third-order valence-corrected chi connectivity index (χ3v) is 3.58. The highest BCUT2D eigenvalue weighted by molar-refractivity contribution is 6.34. The number of halogens is 1. The monoisotopic (exact) mass is 237 g/mol. The van der Waals surface area contributed by atoms with Crippen molar-refractivity contribution < 1.29 is 0 Å². The van der Waals surface area contributed by atoms with Gasteiger partial charge in [-0.05, 0) is 31.4 Å². The lowest BCUT2D eigenvalue weighted by molar-refractivity contribution is 0.401. The van der Waals surface area contributed by atoms with Crippen LogP contribution < -0.4 is 10.6 Å². The third kappa shape index (κ3) is 1.87. The zero-order chi connectivity index (χ0) is 11.7. The Labute approximate surface area is 101 Å². The molecule has 0 aromatic heterocycles. The van der Waals surface area contributed by atoms with Gasteiger partial charge in [-0.25, -0.2) is 0 Å². The molecule has 0 radical (unpaired) electrons. The molecular formula is C12H16ClN3. The summed E-state index contributed by atoms with van der Waals surface area (Å²) in [6.07, 6.45) is 3.70. The Morgan fingerprint density at radius 2 is 2.19 bits per heavy atom. The molecule has 0 heterocycles. The molecule has 86 valence electrons. The number of amidine groups is 1. The molecule has 1 aromatic carbocycles. The van der Waals surface area contributed by atoms with Crippen LogP contribution >= 0.6 is 11.6 Å². The fraction of sp³-hybridized carbons (Fsp3) is 0.417. The molecule has 16 heavy (non-hydrogen) atoms. The van der Waals surface area contributed by atoms with Gasteiger partial charge in [-0.1, -0.05) is 17.7 Å². The third-order valence-electron chi connectivity index (χ3n) is 3.26. The quantitative estimate of drug-likeness (QED) is 0.627. The van der Waals surface area contributed by atoms with E-state index in [1.165, 1.54) is 19.3 Å². The molecule has 0 unspecified atom stereocenters.